The molecule has 4 aliphatic heterocycles. The van der Waals surface area contributed by atoms with Crippen LogP contribution in [0.1, 0.15) is 133 Å². The molecule has 6 rings (SSSR count). The lowest BCUT2D eigenvalue weighted by atomic mass is 9.74. The fourth-order valence-corrected chi connectivity index (χ4v) is 14.9. The van der Waals surface area contributed by atoms with Crippen molar-refractivity contribution in [1.82, 2.24) is 25.2 Å². The van der Waals surface area contributed by atoms with Gasteiger partial charge in [0.05, 0.1) is 60.4 Å². The van der Waals surface area contributed by atoms with Gasteiger partial charge in [-0.1, -0.05) is 85.2 Å². The van der Waals surface area contributed by atoms with Gasteiger partial charge in [0.1, 0.15) is 35.4 Å². The number of carbonyl (C=O) groups excluding carboxylic acids is 3. The van der Waals surface area contributed by atoms with Crippen LogP contribution in [-0.2, 0) is 60.6 Å². The lowest BCUT2D eigenvalue weighted by molar-refractivity contribution is -0.319. The SMILES string of the molecule is CC[C@H]1OC(=O)[C@H](C)[C@@H](O[C@H]2C[C@@](C)(OC)[C@@H](O)[C@H](C)O2)[C@H](C)[C@@H](O[C@@H]2O[C@H](C)C[C@H](N(C)Cc3ccc(-c4cn(CCNC(=O)CCCC[C@@H]5CCSS5)nn4)cc3)[C@H]2O)[C@](C)(OC)C[C@@H](C)C(=O)[C@H](C)[C@@H](O)[C@]1(C)O. The number of benzene rings is 1. The number of esters is 1. The Morgan fingerprint density at radius 2 is 1.64 bits per heavy atom. The molecule has 77 heavy (non-hydrogen) atoms. The molecule has 1 amide bonds. The van der Waals surface area contributed by atoms with Gasteiger partial charge in [0.25, 0.3) is 0 Å². The predicted octanol–water partition coefficient (Wildman–Crippen LogP) is 6.10. The Labute approximate surface area is 464 Å². The molecular formula is C56H91N5O14S2. The monoisotopic (exact) mass is 1120 g/mol. The second-order valence-electron chi connectivity index (χ2n) is 23.1. The molecule has 4 fully saturated rings. The van der Waals surface area contributed by atoms with E-state index in [9.17, 15) is 34.8 Å². The van der Waals surface area contributed by atoms with E-state index < -0.39 is 108 Å². The smallest absolute Gasteiger partial charge is 0.311 e. The number of Topliss-reactive ketones (excluding diaryl/α,β-unsaturated/α-hetero) is 1. The number of ketones is 1. The number of ether oxygens (including phenoxy) is 7. The van der Waals surface area contributed by atoms with Crippen molar-refractivity contribution < 1.29 is 68.0 Å². The molecule has 0 aliphatic carbocycles. The van der Waals surface area contributed by atoms with Gasteiger partial charge < -0.3 is 58.9 Å². The van der Waals surface area contributed by atoms with E-state index >= 15 is 0 Å². The molecular weight excluding hydrogens is 1030 g/mol. The highest BCUT2D eigenvalue weighted by atomic mass is 33.1. The molecule has 4 aliphatic rings. The van der Waals surface area contributed by atoms with Gasteiger partial charge in [0, 0.05) is 80.5 Å². The fourth-order valence-electron chi connectivity index (χ4n) is 11.9. The van der Waals surface area contributed by atoms with Crippen molar-refractivity contribution >= 4 is 39.2 Å². The van der Waals surface area contributed by atoms with Gasteiger partial charge in [-0.3, -0.25) is 24.0 Å². The number of aromatic nitrogens is 3. The summed E-state index contributed by atoms with van der Waals surface area (Å²) in [6.45, 7) is 18.5. The normalized spacial score (nSPS) is 38.8. The average Bonchev–Trinajstić information content (AvgIpc) is 4.12. The molecule has 19 atom stereocenters. The summed E-state index contributed by atoms with van der Waals surface area (Å²) in [5.41, 5.74) is -1.83. The summed E-state index contributed by atoms with van der Waals surface area (Å²) in [4.78, 5) is 43.3. The summed E-state index contributed by atoms with van der Waals surface area (Å²) in [5.74, 6) is -3.46. The largest absolute Gasteiger partial charge is 0.459 e. The molecule has 4 saturated heterocycles. The number of carbonyl (C=O) groups is 3. The van der Waals surface area contributed by atoms with Gasteiger partial charge in [0.2, 0.25) is 5.91 Å². The molecule has 21 heteroatoms. The molecule has 0 saturated carbocycles. The molecule has 436 valence electrons. The summed E-state index contributed by atoms with van der Waals surface area (Å²) in [6, 6.07) is 7.57. The maximum atomic E-state index is 14.5. The highest BCUT2D eigenvalue weighted by molar-refractivity contribution is 8.77. The van der Waals surface area contributed by atoms with Crippen molar-refractivity contribution in [2.45, 2.75) is 230 Å². The Bertz CT molecular complexity index is 2200. The standard InChI is InChI=1S/C56H91N5O14S2/c1-14-43-56(10,68)49(65)34(4)46(63)32(2)28-55(9,70-13)51(35(5)48(36(6)52(67)73-43)74-45-29-54(8,69-12)50(66)37(7)72-45)75-53-47(64)42(27-33(3)71-53)60(11)30-38-19-21-39(22-20-38)41-31-61(59-58-41)25-24-57-44(62)18-16-15-17-40-23-26-76-77-40/h19-22,31-37,40,42-43,45,47-51,53,64-66,68H,14-18,23-30H2,1-13H3,(H,57,62)/t32-,33-,34+,35+,36-,37+,40-,42+,43-,45+,47-,48+,49-,50+,51-,53+,54-,55-,56-/m1/s1. The van der Waals surface area contributed by atoms with Crippen LogP contribution in [0.15, 0.2) is 30.5 Å². The van der Waals surface area contributed by atoms with Gasteiger partial charge in [-0.05, 0) is 92.7 Å². The number of unbranched alkanes of at least 4 members (excludes halogenated alkanes) is 1. The van der Waals surface area contributed by atoms with Gasteiger partial charge in [-0.15, -0.1) is 5.10 Å². The molecule has 1 aromatic carbocycles. The van der Waals surface area contributed by atoms with E-state index in [0.29, 0.717) is 38.2 Å². The summed E-state index contributed by atoms with van der Waals surface area (Å²) >= 11 is 0. The van der Waals surface area contributed by atoms with Crippen LogP contribution in [0, 0.1) is 23.7 Å². The van der Waals surface area contributed by atoms with Crippen molar-refractivity contribution in [1.29, 1.82) is 0 Å². The van der Waals surface area contributed by atoms with Crippen LogP contribution in [0.3, 0.4) is 0 Å². The number of cyclic esters (lactones) is 1. The first-order valence-electron chi connectivity index (χ1n) is 27.8. The number of nitrogens with one attached hydrogen (secondary N) is 1. The molecule has 0 spiro atoms. The minimum Gasteiger partial charge on any atom is -0.459 e. The third-order valence-electron chi connectivity index (χ3n) is 17.0. The zero-order valence-electron chi connectivity index (χ0n) is 47.8. The third kappa shape index (κ3) is 15.6. The van der Waals surface area contributed by atoms with Crippen LogP contribution < -0.4 is 5.32 Å². The lowest BCUT2D eigenvalue weighted by Gasteiger charge is -2.50. The molecule has 0 radical (unpaired) electrons. The molecule has 0 bridgehead atoms. The first kappa shape index (κ1) is 63.4. The average molecular weight is 1120 g/mol. The van der Waals surface area contributed by atoms with E-state index in [0.717, 1.165) is 29.2 Å². The summed E-state index contributed by atoms with van der Waals surface area (Å²) < 4.78 is 46.7. The van der Waals surface area contributed by atoms with Crippen molar-refractivity contribution in [3.05, 3.63) is 36.0 Å². The van der Waals surface area contributed by atoms with Gasteiger partial charge in [0.15, 0.2) is 12.6 Å². The first-order chi connectivity index (χ1) is 36.4. The molecule has 0 unspecified atom stereocenters. The minimum atomic E-state index is -2.00. The summed E-state index contributed by atoms with van der Waals surface area (Å²) in [5, 5.41) is 59.4. The van der Waals surface area contributed by atoms with Crippen LogP contribution in [-0.4, -0.2) is 181 Å². The van der Waals surface area contributed by atoms with Crippen molar-refractivity contribution in [2.75, 3.05) is 33.6 Å². The molecule has 19 nitrogen and oxygen atoms in total. The van der Waals surface area contributed by atoms with E-state index in [-0.39, 0.29) is 37.1 Å². The van der Waals surface area contributed by atoms with Gasteiger partial charge in [-0.25, -0.2) is 0 Å². The summed E-state index contributed by atoms with van der Waals surface area (Å²) in [6.07, 6.45) is -2.83. The van der Waals surface area contributed by atoms with Crippen molar-refractivity contribution in [2.24, 2.45) is 23.7 Å². The van der Waals surface area contributed by atoms with E-state index in [1.807, 2.05) is 72.9 Å². The maximum absolute atomic E-state index is 14.5. The summed E-state index contributed by atoms with van der Waals surface area (Å²) in [7, 11) is 8.88. The van der Waals surface area contributed by atoms with Crippen LogP contribution in [0.5, 0.6) is 0 Å². The van der Waals surface area contributed by atoms with E-state index in [1.54, 1.807) is 53.1 Å². The number of nitrogens with zero attached hydrogens (tertiary/aromatic N) is 4. The van der Waals surface area contributed by atoms with Gasteiger partial charge >= 0.3 is 5.97 Å². The van der Waals surface area contributed by atoms with Crippen LogP contribution in [0.4, 0.5) is 0 Å². The topological polar surface area (TPSA) is 243 Å². The zero-order valence-corrected chi connectivity index (χ0v) is 49.4. The fraction of sp³-hybridized carbons (Fsp3) is 0.804. The minimum absolute atomic E-state index is 0.0579. The Hall–Kier alpha value is -2.77. The number of methoxy groups -OCH3 is 2. The van der Waals surface area contributed by atoms with Gasteiger partial charge in [-0.2, -0.15) is 0 Å². The second-order valence-corrected chi connectivity index (χ2v) is 25.9. The van der Waals surface area contributed by atoms with Crippen molar-refractivity contribution in [3.8, 4) is 11.3 Å². The Balaban J connectivity index is 1.20. The lowest BCUT2D eigenvalue weighted by Crippen LogP contribution is -2.61. The molecule has 5 heterocycles. The van der Waals surface area contributed by atoms with E-state index in [1.165, 1.54) is 39.7 Å². The van der Waals surface area contributed by atoms with Crippen molar-refractivity contribution in [3.63, 3.8) is 0 Å². The number of rotatable bonds is 19. The number of hydrogen-bond acceptors (Lipinski definition) is 19. The van der Waals surface area contributed by atoms with Crippen LogP contribution in [0.25, 0.3) is 11.3 Å². The van der Waals surface area contributed by atoms with E-state index in [2.05, 4.69) is 20.5 Å². The Morgan fingerprint density at radius 1 is 0.935 bits per heavy atom. The van der Waals surface area contributed by atoms with Crippen LogP contribution in [0.2, 0.25) is 0 Å². The maximum Gasteiger partial charge on any atom is 0.311 e. The number of amides is 1. The number of aliphatic hydroxyl groups is 4. The number of aliphatic hydroxyl groups excluding tert-OH is 3. The van der Waals surface area contributed by atoms with Crippen LogP contribution >= 0.6 is 21.6 Å². The van der Waals surface area contributed by atoms with E-state index in [4.69, 9.17) is 33.2 Å². The highest BCUT2D eigenvalue weighted by Crippen LogP contribution is 2.43. The number of likely N-dealkylation sites (N-methyl/N-ethyl adjacent to an activating group) is 1. The quantitative estimate of drug-likeness (QED) is 0.0606. The Morgan fingerprint density at radius 3 is 2.29 bits per heavy atom. The molecule has 2 aromatic rings. The molecule has 1 aromatic heterocycles. The number of hydrogen-bond donors (Lipinski definition) is 5. The zero-order chi connectivity index (χ0) is 56.6. The third-order valence-corrected chi connectivity index (χ3v) is 20.0. The first-order valence-corrected chi connectivity index (χ1v) is 30.2. The predicted molar refractivity (Wildman–Crippen MR) is 294 cm³/mol. The Kier molecular flexibility index (Phi) is 22.9. The second kappa shape index (κ2) is 27.8. The molecule has 5 N–H and O–H groups in total. The highest BCUT2D eigenvalue weighted by Gasteiger charge is 2.54.